The highest BCUT2D eigenvalue weighted by Crippen LogP contribution is 2.25. The van der Waals surface area contributed by atoms with Gasteiger partial charge in [-0.1, -0.05) is 29.8 Å². The Hall–Kier alpha value is -2.33. The van der Waals surface area contributed by atoms with Crippen LogP contribution >= 0.6 is 0 Å². The van der Waals surface area contributed by atoms with Crippen LogP contribution in [0.25, 0.3) is 0 Å². The predicted molar refractivity (Wildman–Crippen MR) is 80.8 cm³/mol. The van der Waals surface area contributed by atoms with Gasteiger partial charge in [-0.2, -0.15) is 0 Å². The number of hydrogen-bond acceptors (Lipinski definition) is 3. The smallest absolute Gasteiger partial charge is 0.255 e. The second-order valence-corrected chi connectivity index (χ2v) is 5.08. The minimum atomic E-state index is -0.145. The molecule has 2 aromatic carbocycles. The number of aryl methyl sites for hydroxylation is 1. The molecule has 2 aromatic rings. The molecule has 1 saturated heterocycles. The Bertz CT molecular complexity index is 633. The molecule has 0 aliphatic carbocycles. The molecule has 1 unspecified atom stereocenters. The molecule has 4 heteroatoms. The van der Waals surface area contributed by atoms with Gasteiger partial charge in [-0.25, -0.2) is 0 Å². The van der Waals surface area contributed by atoms with Gasteiger partial charge in [0, 0.05) is 5.56 Å². The van der Waals surface area contributed by atoms with Gasteiger partial charge in [-0.05, 0) is 31.2 Å². The average Bonchev–Trinajstić information content (AvgIpc) is 3.31. The summed E-state index contributed by atoms with van der Waals surface area (Å²) in [4.78, 5) is 12.2. The highest BCUT2D eigenvalue weighted by Gasteiger charge is 2.23. The lowest BCUT2D eigenvalue weighted by Gasteiger charge is -2.11. The fourth-order valence-electron chi connectivity index (χ4n) is 1.94. The number of benzene rings is 2. The standard InChI is InChI=1S/C17H17NO3/c1-12-6-8-13(9-7-12)17(19)18-15-4-2-3-5-16(15)21-11-14-10-20-14/h2-9,14H,10-11H2,1H3,(H,18,19). The molecule has 21 heavy (non-hydrogen) atoms. The molecule has 1 heterocycles. The zero-order valence-electron chi connectivity index (χ0n) is 11.8. The van der Waals surface area contributed by atoms with Crippen molar-refractivity contribution in [2.75, 3.05) is 18.5 Å². The average molecular weight is 283 g/mol. The number of rotatable bonds is 5. The zero-order valence-corrected chi connectivity index (χ0v) is 11.8. The molecule has 1 atom stereocenters. The summed E-state index contributed by atoms with van der Waals surface area (Å²) >= 11 is 0. The van der Waals surface area contributed by atoms with Gasteiger partial charge in [-0.15, -0.1) is 0 Å². The van der Waals surface area contributed by atoms with Crippen molar-refractivity contribution >= 4 is 11.6 Å². The van der Waals surface area contributed by atoms with Crippen LogP contribution in [-0.4, -0.2) is 25.2 Å². The molecule has 0 saturated carbocycles. The van der Waals surface area contributed by atoms with Crippen molar-refractivity contribution in [3.63, 3.8) is 0 Å². The highest BCUT2D eigenvalue weighted by atomic mass is 16.6. The van der Waals surface area contributed by atoms with Crippen molar-refractivity contribution in [2.24, 2.45) is 0 Å². The molecule has 1 aliphatic heterocycles. The number of carbonyl (C=O) groups is 1. The first-order valence-corrected chi connectivity index (χ1v) is 6.94. The molecule has 1 amide bonds. The van der Waals surface area contributed by atoms with Gasteiger partial charge in [0.1, 0.15) is 18.5 Å². The first-order valence-electron chi connectivity index (χ1n) is 6.94. The normalized spacial score (nSPS) is 16.3. The summed E-state index contributed by atoms with van der Waals surface area (Å²) in [6.45, 7) is 3.25. The van der Waals surface area contributed by atoms with Gasteiger partial charge in [0.25, 0.3) is 5.91 Å². The molecular formula is C17H17NO3. The fraction of sp³-hybridized carbons (Fsp3) is 0.235. The van der Waals surface area contributed by atoms with Crippen molar-refractivity contribution in [1.82, 2.24) is 0 Å². The van der Waals surface area contributed by atoms with Crippen LogP contribution in [-0.2, 0) is 4.74 Å². The lowest BCUT2D eigenvalue weighted by Crippen LogP contribution is -2.13. The summed E-state index contributed by atoms with van der Waals surface area (Å²) in [5.41, 5.74) is 2.42. The van der Waals surface area contributed by atoms with Crippen LogP contribution < -0.4 is 10.1 Å². The van der Waals surface area contributed by atoms with Gasteiger partial charge >= 0.3 is 0 Å². The van der Waals surface area contributed by atoms with Crippen molar-refractivity contribution in [3.8, 4) is 5.75 Å². The first kappa shape index (κ1) is 13.6. The largest absolute Gasteiger partial charge is 0.489 e. The number of nitrogens with one attached hydrogen (secondary N) is 1. The molecule has 1 N–H and O–H groups in total. The molecule has 4 nitrogen and oxygen atoms in total. The lowest BCUT2D eigenvalue weighted by molar-refractivity contribution is 0.102. The van der Waals surface area contributed by atoms with Crippen molar-refractivity contribution in [1.29, 1.82) is 0 Å². The first-order chi connectivity index (χ1) is 10.2. The van der Waals surface area contributed by atoms with Gasteiger partial charge in [-0.3, -0.25) is 4.79 Å². The SMILES string of the molecule is Cc1ccc(C(=O)Nc2ccccc2OCC2CO2)cc1. The maximum absolute atomic E-state index is 12.2. The zero-order chi connectivity index (χ0) is 14.7. The topological polar surface area (TPSA) is 50.9 Å². The van der Waals surface area contributed by atoms with E-state index >= 15 is 0 Å². The van der Waals surface area contributed by atoms with E-state index in [1.54, 1.807) is 0 Å². The third-order valence-electron chi connectivity index (χ3n) is 3.28. The molecule has 0 bridgehead atoms. The number of para-hydroxylation sites is 2. The van der Waals surface area contributed by atoms with Crippen LogP contribution in [0.15, 0.2) is 48.5 Å². The Morgan fingerprint density at radius 3 is 2.67 bits per heavy atom. The number of anilines is 1. The number of ether oxygens (including phenoxy) is 2. The lowest BCUT2D eigenvalue weighted by atomic mass is 10.1. The maximum atomic E-state index is 12.2. The third kappa shape index (κ3) is 3.61. The Morgan fingerprint density at radius 2 is 1.95 bits per heavy atom. The fourth-order valence-corrected chi connectivity index (χ4v) is 1.94. The molecule has 1 fully saturated rings. The number of carbonyl (C=O) groups excluding carboxylic acids is 1. The van der Waals surface area contributed by atoms with Crippen LogP contribution in [0.5, 0.6) is 5.75 Å². The van der Waals surface area contributed by atoms with Gasteiger partial charge in [0.2, 0.25) is 0 Å². The van der Waals surface area contributed by atoms with E-state index in [1.165, 1.54) is 0 Å². The molecule has 108 valence electrons. The Balaban J connectivity index is 1.71. The molecule has 0 radical (unpaired) electrons. The van der Waals surface area contributed by atoms with Gasteiger partial charge in [0.15, 0.2) is 0 Å². The number of amides is 1. The van der Waals surface area contributed by atoms with Crippen LogP contribution in [0.3, 0.4) is 0 Å². The van der Waals surface area contributed by atoms with Gasteiger partial charge in [0.05, 0.1) is 12.3 Å². The summed E-state index contributed by atoms with van der Waals surface area (Å²) < 4.78 is 10.8. The van der Waals surface area contributed by atoms with Crippen molar-refractivity contribution < 1.29 is 14.3 Å². The number of hydrogen-bond donors (Lipinski definition) is 1. The minimum absolute atomic E-state index is 0.145. The summed E-state index contributed by atoms with van der Waals surface area (Å²) in [5.74, 6) is 0.516. The van der Waals surface area contributed by atoms with Crippen LogP contribution in [0.1, 0.15) is 15.9 Å². The van der Waals surface area contributed by atoms with E-state index in [-0.39, 0.29) is 12.0 Å². The van der Waals surface area contributed by atoms with Crippen LogP contribution in [0.2, 0.25) is 0 Å². The summed E-state index contributed by atoms with van der Waals surface area (Å²) in [6.07, 6.45) is 0.186. The molecule has 1 aliphatic rings. The summed E-state index contributed by atoms with van der Waals surface area (Å²) in [5, 5.41) is 2.89. The van der Waals surface area contributed by atoms with E-state index in [9.17, 15) is 4.79 Å². The van der Waals surface area contributed by atoms with Crippen molar-refractivity contribution in [3.05, 3.63) is 59.7 Å². The second kappa shape index (κ2) is 5.97. The predicted octanol–water partition coefficient (Wildman–Crippen LogP) is 3.02. The van der Waals surface area contributed by atoms with E-state index in [0.717, 1.165) is 12.2 Å². The number of epoxide rings is 1. The molecule has 0 spiro atoms. The maximum Gasteiger partial charge on any atom is 0.255 e. The molecular weight excluding hydrogens is 266 g/mol. The quantitative estimate of drug-likeness (QED) is 0.858. The van der Waals surface area contributed by atoms with E-state index in [2.05, 4.69) is 5.32 Å². The van der Waals surface area contributed by atoms with E-state index in [0.29, 0.717) is 23.6 Å². The monoisotopic (exact) mass is 283 g/mol. The molecule has 3 rings (SSSR count). The highest BCUT2D eigenvalue weighted by molar-refractivity contribution is 6.05. The van der Waals surface area contributed by atoms with Crippen LogP contribution in [0.4, 0.5) is 5.69 Å². The van der Waals surface area contributed by atoms with Crippen molar-refractivity contribution in [2.45, 2.75) is 13.0 Å². The summed E-state index contributed by atoms with van der Waals surface area (Å²) in [7, 11) is 0. The minimum Gasteiger partial charge on any atom is -0.489 e. The van der Waals surface area contributed by atoms with E-state index in [4.69, 9.17) is 9.47 Å². The molecule has 0 aromatic heterocycles. The Kier molecular flexibility index (Phi) is 3.88. The second-order valence-electron chi connectivity index (χ2n) is 5.08. The van der Waals surface area contributed by atoms with E-state index < -0.39 is 0 Å². The Morgan fingerprint density at radius 1 is 1.24 bits per heavy atom. The Labute approximate surface area is 123 Å². The van der Waals surface area contributed by atoms with Crippen LogP contribution in [0, 0.1) is 6.92 Å². The van der Waals surface area contributed by atoms with E-state index in [1.807, 2.05) is 55.5 Å². The third-order valence-corrected chi connectivity index (χ3v) is 3.28. The summed E-state index contributed by atoms with van der Waals surface area (Å²) in [6, 6.07) is 14.9. The van der Waals surface area contributed by atoms with Gasteiger partial charge < -0.3 is 14.8 Å².